The van der Waals surface area contributed by atoms with Crippen LogP contribution in [0, 0.1) is 23.6 Å². The van der Waals surface area contributed by atoms with Crippen LogP contribution in [0.3, 0.4) is 0 Å². The average Bonchev–Trinajstić information content (AvgIpc) is 3.25. The first kappa shape index (κ1) is 20.3. The average molecular weight is 397 g/mol. The Kier molecular flexibility index (Phi) is 6.21. The van der Waals surface area contributed by atoms with E-state index in [2.05, 4.69) is 12.2 Å². The van der Waals surface area contributed by atoms with Crippen LogP contribution in [-0.4, -0.2) is 38.3 Å². The Morgan fingerprint density at radius 2 is 1.96 bits per heavy atom. The van der Waals surface area contributed by atoms with Crippen molar-refractivity contribution in [3.63, 3.8) is 0 Å². The van der Waals surface area contributed by atoms with Crippen LogP contribution in [0.25, 0.3) is 0 Å². The molecule has 7 heteroatoms. The van der Waals surface area contributed by atoms with E-state index in [-0.39, 0.29) is 23.4 Å². The number of hydrogen-bond acceptors (Lipinski definition) is 3. The first-order valence-electron chi connectivity index (χ1n) is 9.78. The number of amides is 1. The summed E-state index contributed by atoms with van der Waals surface area (Å²) in [5, 5.41) is 3.11. The molecular formula is C20H29FN2O3S. The van der Waals surface area contributed by atoms with Crippen LogP contribution < -0.4 is 5.32 Å². The fourth-order valence-electron chi connectivity index (χ4n) is 4.71. The number of fused-ring (bicyclic) bond motifs is 2. The highest BCUT2D eigenvalue weighted by atomic mass is 32.2. The minimum atomic E-state index is -3.66. The lowest BCUT2D eigenvalue weighted by molar-refractivity contribution is -0.122. The van der Waals surface area contributed by atoms with E-state index >= 15 is 0 Å². The quantitative estimate of drug-likeness (QED) is 0.734. The van der Waals surface area contributed by atoms with Gasteiger partial charge in [0.05, 0.1) is 4.90 Å². The van der Waals surface area contributed by atoms with Gasteiger partial charge in [0.2, 0.25) is 15.9 Å². The van der Waals surface area contributed by atoms with Crippen LogP contribution in [0.15, 0.2) is 29.2 Å². The molecule has 5 nitrogen and oxygen atoms in total. The lowest BCUT2D eigenvalue weighted by Gasteiger charge is -2.28. The van der Waals surface area contributed by atoms with Gasteiger partial charge in [-0.25, -0.2) is 17.1 Å². The van der Waals surface area contributed by atoms with Crippen molar-refractivity contribution in [2.45, 2.75) is 56.4 Å². The Hall–Kier alpha value is -1.47. The molecule has 1 N–H and O–H groups in total. The zero-order valence-corrected chi connectivity index (χ0v) is 16.8. The van der Waals surface area contributed by atoms with Crippen LogP contribution >= 0.6 is 0 Å². The Bertz CT molecular complexity index is 766. The molecule has 2 fully saturated rings. The zero-order valence-electron chi connectivity index (χ0n) is 16.0. The molecule has 27 heavy (non-hydrogen) atoms. The second-order valence-electron chi connectivity index (χ2n) is 8.08. The van der Waals surface area contributed by atoms with E-state index in [1.807, 2.05) is 0 Å². The summed E-state index contributed by atoms with van der Waals surface area (Å²) in [6.07, 6.45) is 5.93. The molecule has 0 aliphatic heterocycles. The zero-order chi connectivity index (χ0) is 19.6. The van der Waals surface area contributed by atoms with Crippen molar-refractivity contribution in [3.8, 4) is 0 Å². The van der Waals surface area contributed by atoms with E-state index in [1.54, 1.807) is 0 Å². The van der Waals surface area contributed by atoms with Gasteiger partial charge in [-0.2, -0.15) is 0 Å². The highest BCUT2D eigenvalue weighted by Crippen LogP contribution is 2.49. The van der Waals surface area contributed by atoms with Gasteiger partial charge in [0.1, 0.15) is 5.82 Å². The van der Waals surface area contributed by atoms with Crippen molar-refractivity contribution in [1.29, 1.82) is 0 Å². The number of nitrogens with zero attached hydrogens (tertiary/aromatic N) is 1. The number of rotatable bonds is 8. The fourth-order valence-corrected chi connectivity index (χ4v) is 5.92. The third kappa shape index (κ3) is 4.69. The molecule has 2 bridgehead atoms. The SMILES string of the molecule is CC(NC(=O)CCCN(C)S(=O)(=O)c1ccc(F)cc1)C1CC2CCC1C2. The van der Waals surface area contributed by atoms with E-state index < -0.39 is 15.8 Å². The standard InChI is InChI=1S/C20H29FN2O3S/c1-14(19-13-15-5-6-16(19)12-15)22-20(24)4-3-11-23(2)27(25,26)18-9-7-17(21)8-10-18/h7-10,14-16,19H,3-6,11-13H2,1-2H3,(H,22,24). The van der Waals surface area contributed by atoms with Crippen molar-refractivity contribution < 1.29 is 17.6 Å². The summed E-state index contributed by atoms with van der Waals surface area (Å²) in [7, 11) is -2.18. The Morgan fingerprint density at radius 1 is 1.26 bits per heavy atom. The molecule has 0 aromatic heterocycles. The van der Waals surface area contributed by atoms with Crippen LogP contribution in [0.1, 0.15) is 45.4 Å². The number of carbonyl (C=O) groups is 1. The van der Waals surface area contributed by atoms with Crippen LogP contribution in [0.2, 0.25) is 0 Å². The second kappa shape index (κ2) is 8.27. The highest BCUT2D eigenvalue weighted by Gasteiger charge is 2.42. The van der Waals surface area contributed by atoms with Gasteiger partial charge in [0.25, 0.3) is 0 Å². The summed E-state index contributed by atoms with van der Waals surface area (Å²) in [6, 6.07) is 4.96. The molecule has 2 aliphatic carbocycles. The third-order valence-electron chi connectivity index (χ3n) is 6.22. The molecule has 4 unspecified atom stereocenters. The number of hydrogen-bond donors (Lipinski definition) is 1. The van der Waals surface area contributed by atoms with Gasteiger partial charge in [-0.3, -0.25) is 4.79 Å². The normalized spacial score (nSPS) is 25.7. The number of sulfonamides is 1. The minimum absolute atomic E-state index is 0.0159. The highest BCUT2D eigenvalue weighted by molar-refractivity contribution is 7.89. The molecule has 1 amide bonds. The fraction of sp³-hybridized carbons (Fsp3) is 0.650. The molecule has 0 heterocycles. The maximum atomic E-state index is 13.0. The topological polar surface area (TPSA) is 66.5 Å². The Labute approximate surface area is 161 Å². The minimum Gasteiger partial charge on any atom is -0.353 e. The Balaban J connectivity index is 1.43. The van der Waals surface area contributed by atoms with Gasteiger partial charge in [0.15, 0.2) is 0 Å². The van der Waals surface area contributed by atoms with Gasteiger partial charge < -0.3 is 5.32 Å². The van der Waals surface area contributed by atoms with Gasteiger partial charge in [-0.1, -0.05) is 6.42 Å². The first-order chi connectivity index (χ1) is 12.8. The van der Waals surface area contributed by atoms with Gasteiger partial charge in [0, 0.05) is 26.1 Å². The predicted octanol–water partition coefficient (Wildman–Crippen LogP) is 3.17. The van der Waals surface area contributed by atoms with Crippen LogP contribution in [-0.2, 0) is 14.8 Å². The number of halogens is 1. The summed E-state index contributed by atoms with van der Waals surface area (Å²) in [5.41, 5.74) is 0. The molecule has 0 saturated heterocycles. The maximum Gasteiger partial charge on any atom is 0.242 e. The maximum absolute atomic E-state index is 13.0. The number of nitrogens with one attached hydrogen (secondary N) is 1. The molecule has 0 radical (unpaired) electrons. The predicted molar refractivity (Wildman–Crippen MR) is 102 cm³/mol. The largest absolute Gasteiger partial charge is 0.353 e. The molecule has 4 atom stereocenters. The van der Waals surface area contributed by atoms with Crippen molar-refractivity contribution in [2.24, 2.45) is 17.8 Å². The Morgan fingerprint density at radius 3 is 2.56 bits per heavy atom. The lowest BCUT2D eigenvalue weighted by atomic mass is 9.84. The lowest BCUT2D eigenvalue weighted by Crippen LogP contribution is -2.40. The summed E-state index contributed by atoms with van der Waals surface area (Å²) in [5.74, 6) is 1.71. The van der Waals surface area contributed by atoms with E-state index in [0.29, 0.717) is 18.8 Å². The summed E-state index contributed by atoms with van der Waals surface area (Å²) in [6.45, 7) is 2.34. The van der Waals surface area contributed by atoms with Crippen LogP contribution in [0.4, 0.5) is 4.39 Å². The van der Waals surface area contributed by atoms with Crippen molar-refractivity contribution in [1.82, 2.24) is 9.62 Å². The number of benzene rings is 1. The van der Waals surface area contributed by atoms with E-state index in [1.165, 1.54) is 49.2 Å². The molecule has 1 aromatic rings. The summed E-state index contributed by atoms with van der Waals surface area (Å²) < 4.78 is 39.1. The molecular weight excluding hydrogens is 367 g/mol. The summed E-state index contributed by atoms with van der Waals surface area (Å²) >= 11 is 0. The van der Waals surface area contributed by atoms with Crippen molar-refractivity contribution >= 4 is 15.9 Å². The second-order valence-corrected chi connectivity index (χ2v) is 10.1. The first-order valence-corrected chi connectivity index (χ1v) is 11.2. The molecule has 1 aromatic carbocycles. The summed E-state index contributed by atoms with van der Waals surface area (Å²) in [4.78, 5) is 12.3. The van der Waals surface area contributed by atoms with Gasteiger partial charge in [-0.05, 0) is 74.6 Å². The molecule has 2 aliphatic rings. The van der Waals surface area contributed by atoms with Crippen molar-refractivity contribution in [3.05, 3.63) is 30.1 Å². The van der Waals surface area contributed by atoms with E-state index in [9.17, 15) is 17.6 Å². The molecule has 150 valence electrons. The van der Waals surface area contributed by atoms with Gasteiger partial charge in [-0.15, -0.1) is 0 Å². The monoisotopic (exact) mass is 396 g/mol. The van der Waals surface area contributed by atoms with Gasteiger partial charge >= 0.3 is 0 Å². The van der Waals surface area contributed by atoms with Crippen molar-refractivity contribution in [2.75, 3.05) is 13.6 Å². The van der Waals surface area contributed by atoms with E-state index in [4.69, 9.17) is 0 Å². The van der Waals surface area contributed by atoms with Crippen LogP contribution in [0.5, 0.6) is 0 Å². The molecule has 0 spiro atoms. The number of carbonyl (C=O) groups excluding carboxylic acids is 1. The molecule has 3 rings (SSSR count). The molecule has 2 saturated carbocycles. The van der Waals surface area contributed by atoms with E-state index in [0.717, 1.165) is 24.0 Å². The smallest absolute Gasteiger partial charge is 0.242 e. The third-order valence-corrected chi connectivity index (χ3v) is 8.09.